The molecule has 3 aromatic heterocycles. The first kappa shape index (κ1) is 35.4. The van der Waals surface area contributed by atoms with Crippen LogP contribution in [-0.4, -0.2) is 54.9 Å². The average molecular weight is 687 g/mol. The Morgan fingerprint density at radius 3 is 2.22 bits per heavy atom. The molecule has 11 heteroatoms. The van der Waals surface area contributed by atoms with Crippen molar-refractivity contribution in [2.24, 2.45) is 7.05 Å². The third-order valence-electron chi connectivity index (χ3n) is 9.67. The molecule has 0 saturated carbocycles. The van der Waals surface area contributed by atoms with Crippen LogP contribution >= 0.6 is 0 Å². The van der Waals surface area contributed by atoms with E-state index in [0.717, 1.165) is 76.4 Å². The predicted molar refractivity (Wildman–Crippen MR) is 201 cm³/mol. The molecule has 0 aliphatic carbocycles. The Labute approximate surface area is 299 Å². The summed E-state index contributed by atoms with van der Waals surface area (Å²) in [5.41, 5.74) is 9.86. The van der Waals surface area contributed by atoms with Gasteiger partial charge in [-0.15, -0.1) is 0 Å². The smallest absolute Gasteiger partial charge is 0.291 e. The number of hydrogen-bond acceptors (Lipinski definition) is 8. The van der Waals surface area contributed by atoms with Crippen molar-refractivity contribution in [1.82, 2.24) is 24.4 Å². The van der Waals surface area contributed by atoms with E-state index >= 15 is 0 Å². The van der Waals surface area contributed by atoms with Gasteiger partial charge in [-0.05, 0) is 105 Å². The number of aliphatic hydroxyl groups is 1. The Morgan fingerprint density at radius 2 is 1.57 bits per heavy atom. The zero-order valence-corrected chi connectivity index (χ0v) is 30.4. The second-order valence-electron chi connectivity index (χ2n) is 13.8. The van der Waals surface area contributed by atoms with Crippen LogP contribution in [0.25, 0.3) is 11.1 Å². The summed E-state index contributed by atoms with van der Waals surface area (Å²) < 4.78 is 1.91. The van der Waals surface area contributed by atoms with Crippen LogP contribution in [0.5, 0.6) is 0 Å². The number of benzene rings is 2. The third kappa shape index (κ3) is 7.54. The number of carbonyl (C=O) groups is 2. The van der Waals surface area contributed by atoms with E-state index in [4.69, 9.17) is 0 Å². The van der Waals surface area contributed by atoms with Gasteiger partial charge in [-0.2, -0.15) is 0 Å². The largest absolute Gasteiger partial charge is 0.384 e. The van der Waals surface area contributed by atoms with Gasteiger partial charge < -0.3 is 30.5 Å². The van der Waals surface area contributed by atoms with Gasteiger partial charge in [0.1, 0.15) is 11.3 Å². The van der Waals surface area contributed by atoms with Crippen molar-refractivity contribution in [3.05, 3.63) is 118 Å². The molecule has 6 rings (SSSR count). The monoisotopic (exact) mass is 686 g/mol. The van der Waals surface area contributed by atoms with Gasteiger partial charge in [0.2, 0.25) is 0 Å². The van der Waals surface area contributed by atoms with Crippen LogP contribution in [0, 0.1) is 13.8 Å². The van der Waals surface area contributed by atoms with Crippen LogP contribution in [0.2, 0.25) is 0 Å². The molecule has 51 heavy (non-hydrogen) atoms. The number of aromatic nitrogens is 4. The number of pyridine rings is 2. The van der Waals surface area contributed by atoms with Crippen LogP contribution in [0.15, 0.2) is 67.0 Å². The van der Waals surface area contributed by atoms with Crippen LogP contribution in [-0.2, 0) is 38.6 Å². The number of nitrogens with zero attached hydrogens (tertiary/aromatic N) is 5. The standard InChI is InChI=1S/C40H46N8O3/c1-8-26-19-33(43-22-27(26)21-42-28-15-17-41-36(20-28)40(4,5)51)38(49)45-31-13-9-11-29(24(31)2)30-12-10-14-32(25(30)3)46-39(50)37-44-34-23-47(6)18-16-35(34)48(37)7/h9-15,17,19-20,22,51H,8,16,18,21,23H2,1-7H3,(H,41,42)(H,45,49)(H,46,50). The van der Waals surface area contributed by atoms with E-state index < -0.39 is 5.60 Å². The zero-order chi connectivity index (χ0) is 36.4. The highest BCUT2D eigenvalue weighted by Gasteiger charge is 2.25. The highest BCUT2D eigenvalue weighted by molar-refractivity contribution is 6.05. The van der Waals surface area contributed by atoms with E-state index in [0.29, 0.717) is 35.1 Å². The summed E-state index contributed by atoms with van der Waals surface area (Å²) in [6.45, 7) is 11.6. The quantitative estimate of drug-likeness (QED) is 0.133. The van der Waals surface area contributed by atoms with Crippen molar-refractivity contribution in [1.29, 1.82) is 0 Å². The molecule has 2 amide bonds. The van der Waals surface area contributed by atoms with Gasteiger partial charge >= 0.3 is 0 Å². The lowest BCUT2D eigenvalue weighted by molar-refractivity contribution is 0.0739. The van der Waals surface area contributed by atoms with Crippen LogP contribution in [0.4, 0.5) is 17.1 Å². The van der Waals surface area contributed by atoms with Crippen molar-refractivity contribution in [3.8, 4) is 11.1 Å². The molecule has 1 aliphatic heterocycles. The van der Waals surface area contributed by atoms with Gasteiger partial charge in [-0.25, -0.2) is 4.98 Å². The topological polar surface area (TPSA) is 137 Å². The molecular weight excluding hydrogens is 640 g/mol. The molecule has 0 radical (unpaired) electrons. The summed E-state index contributed by atoms with van der Waals surface area (Å²) in [5.74, 6) is -0.139. The van der Waals surface area contributed by atoms with E-state index in [1.165, 1.54) is 0 Å². The summed E-state index contributed by atoms with van der Waals surface area (Å²) in [7, 11) is 3.97. The highest BCUT2D eigenvalue weighted by Crippen LogP contribution is 2.34. The zero-order valence-electron chi connectivity index (χ0n) is 30.4. The fourth-order valence-electron chi connectivity index (χ4n) is 6.56. The normalized spacial score (nSPS) is 13.1. The number of rotatable bonds is 10. The maximum atomic E-state index is 13.5. The summed E-state index contributed by atoms with van der Waals surface area (Å²) in [4.78, 5) is 42.7. The first-order valence-corrected chi connectivity index (χ1v) is 17.3. The number of fused-ring (bicyclic) bond motifs is 1. The number of imidazole rings is 1. The molecular formula is C40H46N8O3. The lowest BCUT2D eigenvalue weighted by Crippen LogP contribution is -2.27. The number of anilines is 3. The van der Waals surface area contributed by atoms with Crippen molar-refractivity contribution in [2.75, 3.05) is 29.5 Å². The minimum Gasteiger partial charge on any atom is -0.384 e. The maximum absolute atomic E-state index is 13.5. The minimum absolute atomic E-state index is 0.245. The Kier molecular flexibility index (Phi) is 10.0. The molecule has 4 N–H and O–H groups in total. The van der Waals surface area contributed by atoms with E-state index in [2.05, 4.69) is 42.8 Å². The molecule has 0 spiro atoms. The number of amides is 2. The van der Waals surface area contributed by atoms with Gasteiger partial charge in [0.05, 0.1) is 11.4 Å². The molecule has 11 nitrogen and oxygen atoms in total. The fraction of sp³-hybridized carbons (Fsp3) is 0.325. The lowest BCUT2D eigenvalue weighted by Gasteiger charge is -2.21. The maximum Gasteiger partial charge on any atom is 0.291 e. The van der Waals surface area contributed by atoms with E-state index in [-0.39, 0.29) is 11.8 Å². The molecule has 0 atom stereocenters. The van der Waals surface area contributed by atoms with Gasteiger partial charge in [-0.1, -0.05) is 31.2 Å². The number of hydrogen-bond donors (Lipinski definition) is 4. The third-order valence-corrected chi connectivity index (χ3v) is 9.67. The number of likely N-dealkylation sites (N-methyl/N-ethyl adjacent to an activating group) is 1. The lowest BCUT2D eigenvalue weighted by atomic mass is 9.94. The van der Waals surface area contributed by atoms with E-state index in [9.17, 15) is 14.7 Å². The minimum atomic E-state index is -1.04. The molecule has 0 unspecified atom stereocenters. The summed E-state index contributed by atoms with van der Waals surface area (Å²) >= 11 is 0. The molecule has 0 bridgehead atoms. The summed E-state index contributed by atoms with van der Waals surface area (Å²) in [6.07, 6.45) is 5.00. The molecule has 0 fully saturated rings. The van der Waals surface area contributed by atoms with Crippen molar-refractivity contribution >= 4 is 28.9 Å². The van der Waals surface area contributed by atoms with Crippen molar-refractivity contribution in [3.63, 3.8) is 0 Å². The second kappa shape index (κ2) is 14.5. The number of aryl methyl sites for hydroxylation is 1. The van der Waals surface area contributed by atoms with Gasteiger partial charge in [0.15, 0.2) is 5.82 Å². The summed E-state index contributed by atoms with van der Waals surface area (Å²) in [5, 5.41) is 19.9. The summed E-state index contributed by atoms with van der Waals surface area (Å²) in [6, 6.07) is 17.2. The molecule has 2 aromatic carbocycles. The van der Waals surface area contributed by atoms with Crippen molar-refractivity contribution in [2.45, 2.75) is 66.2 Å². The molecule has 4 heterocycles. The Bertz CT molecular complexity index is 2110. The Hall–Kier alpha value is -5.39. The second-order valence-corrected chi connectivity index (χ2v) is 13.8. The van der Waals surface area contributed by atoms with Gasteiger partial charge in [-0.3, -0.25) is 19.6 Å². The van der Waals surface area contributed by atoms with E-state index in [1.54, 1.807) is 26.2 Å². The van der Waals surface area contributed by atoms with Crippen LogP contribution in [0.1, 0.15) is 81.2 Å². The fourth-order valence-corrected chi connectivity index (χ4v) is 6.56. The molecule has 1 aliphatic rings. The van der Waals surface area contributed by atoms with Gasteiger partial charge in [0, 0.05) is 68.3 Å². The highest BCUT2D eigenvalue weighted by atomic mass is 16.3. The first-order chi connectivity index (χ1) is 24.3. The first-order valence-electron chi connectivity index (χ1n) is 17.3. The average Bonchev–Trinajstić information content (AvgIpc) is 3.44. The Morgan fingerprint density at radius 1 is 0.902 bits per heavy atom. The van der Waals surface area contributed by atoms with E-state index in [1.807, 2.05) is 87.0 Å². The number of carbonyl (C=O) groups excluding carboxylic acids is 2. The van der Waals surface area contributed by atoms with Gasteiger partial charge in [0.25, 0.3) is 11.8 Å². The van der Waals surface area contributed by atoms with Crippen LogP contribution < -0.4 is 16.0 Å². The molecule has 5 aromatic rings. The Balaban J connectivity index is 1.17. The SMILES string of the molecule is CCc1cc(C(=O)Nc2cccc(-c3cccc(NC(=O)c4nc5c(n4C)CCN(C)C5)c3C)c2C)ncc1CNc1ccnc(C(C)(C)O)c1. The van der Waals surface area contributed by atoms with Crippen molar-refractivity contribution < 1.29 is 14.7 Å². The number of nitrogens with one attached hydrogen (secondary N) is 3. The van der Waals surface area contributed by atoms with Crippen LogP contribution in [0.3, 0.4) is 0 Å². The predicted octanol–water partition coefficient (Wildman–Crippen LogP) is 6.39. The molecule has 0 saturated heterocycles. The molecule has 264 valence electrons.